The van der Waals surface area contributed by atoms with Gasteiger partial charge in [-0.05, 0) is 31.2 Å². The fourth-order valence-corrected chi connectivity index (χ4v) is 3.86. The molecule has 154 valence electrons. The van der Waals surface area contributed by atoms with Gasteiger partial charge in [0.25, 0.3) is 5.91 Å². The van der Waals surface area contributed by atoms with Crippen molar-refractivity contribution in [2.75, 3.05) is 7.05 Å². The predicted octanol–water partition coefficient (Wildman–Crippen LogP) is 3.29. The van der Waals surface area contributed by atoms with Crippen molar-refractivity contribution in [3.63, 3.8) is 0 Å². The lowest BCUT2D eigenvalue weighted by molar-refractivity contribution is 0.0785. The number of rotatable bonds is 5. The van der Waals surface area contributed by atoms with Crippen LogP contribution in [0.4, 0.5) is 0 Å². The minimum absolute atomic E-state index is 0.181. The largest absolute Gasteiger partial charge is 0.461 e. The topological polar surface area (TPSA) is 88.3 Å². The molecule has 1 amide bonds. The molecule has 0 fully saturated rings. The number of nitrogens with one attached hydrogen (secondary N) is 1. The van der Waals surface area contributed by atoms with Crippen molar-refractivity contribution in [1.29, 1.82) is 0 Å². The van der Waals surface area contributed by atoms with E-state index in [4.69, 9.17) is 4.42 Å². The molecule has 7 heteroatoms. The molecule has 0 unspecified atom stereocenters. The lowest BCUT2D eigenvalue weighted by atomic mass is 10.1. The SMILES string of the molecule is CCc1oc2ccccc2c1CN(C)C(=O)c1ccc2c(c1)[nH]c(=O)c(=O)n2CC. The molecule has 0 saturated carbocycles. The number of fused-ring (bicyclic) bond motifs is 2. The maximum atomic E-state index is 13.1. The molecule has 2 heterocycles. The van der Waals surface area contributed by atoms with Crippen LogP contribution in [0.3, 0.4) is 0 Å². The summed E-state index contributed by atoms with van der Waals surface area (Å²) in [6, 6.07) is 12.8. The van der Waals surface area contributed by atoms with Crippen LogP contribution in [0.5, 0.6) is 0 Å². The Hall–Kier alpha value is -3.61. The zero-order valence-corrected chi connectivity index (χ0v) is 17.2. The number of amides is 1. The van der Waals surface area contributed by atoms with E-state index in [0.29, 0.717) is 29.7 Å². The molecule has 0 bridgehead atoms. The number of carbonyl (C=O) groups excluding carboxylic acids is 1. The fourth-order valence-electron chi connectivity index (χ4n) is 3.86. The third-order valence-corrected chi connectivity index (χ3v) is 5.38. The van der Waals surface area contributed by atoms with Crippen LogP contribution in [0.2, 0.25) is 0 Å². The van der Waals surface area contributed by atoms with E-state index in [1.807, 2.05) is 31.2 Å². The lowest BCUT2D eigenvalue weighted by Crippen LogP contribution is -2.36. The molecule has 0 saturated heterocycles. The minimum atomic E-state index is -0.695. The first-order valence-corrected chi connectivity index (χ1v) is 9.96. The van der Waals surface area contributed by atoms with E-state index in [1.54, 1.807) is 37.1 Å². The number of carbonyl (C=O) groups is 1. The number of furan rings is 1. The van der Waals surface area contributed by atoms with Crippen LogP contribution in [0, 0.1) is 0 Å². The van der Waals surface area contributed by atoms with Gasteiger partial charge in [0.15, 0.2) is 0 Å². The molecular formula is C23H23N3O4. The molecule has 7 nitrogen and oxygen atoms in total. The van der Waals surface area contributed by atoms with Crippen molar-refractivity contribution in [3.8, 4) is 0 Å². The van der Waals surface area contributed by atoms with Crippen molar-refractivity contribution in [1.82, 2.24) is 14.5 Å². The van der Waals surface area contributed by atoms with E-state index in [2.05, 4.69) is 4.98 Å². The van der Waals surface area contributed by atoms with Crippen molar-refractivity contribution in [2.45, 2.75) is 33.4 Å². The van der Waals surface area contributed by atoms with E-state index in [0.717, 1.165) is 28.7 Å². The number of aromatic amines is 1. The number of aryl methyl sites for hydroxylation is 2. The highest BCUT2D eigenvalue weighted by Gasteiger charge is 2.19. The van der Waals surface area contributed by atoms with E-state index in [9.17, 15) is 14.4 Å². The van der Waals surface area contributed by atoms with Crippen molar-refractivity contribution >= 4 is 27.9 Å². The highest BCUT2D eigenvalue weighted by molar-refractivity contribution is 5.97. The Labute approximate surface area is 172 Å². The number of hydrogen-bond donors (Lipinski definition) is 1. The second-order valence-corrected chi connectivity index (χ2v) is 7.25. The van der Waals surface area contributed by atoms with E-state index >= 15 is 0 Å². The summed E-state index contributed by atoms with van der Waals surface area (Å²) in [4.78, 5) is 41.3. The molecule has 0 aliphatic carbocycles. The Morgan fingerprint density at radius 2 is 1.90 bits per heavy atom. The molecule has 1 N–H and O–H groups in total. The average Bonchev–Trinajstić information content (AvgIpc) is 3.11. The van der Waals surface area contributed by atoms with Gasteiger partial charge < -0.3 is 18.9 Å². The third-order valence-electron chi connectivity index (χ3n) is 5.38. The monoisotopic (exact) mass is 405 g/mol. The van der Waals surface area contributed by atoms with Gasteiger partial charge in [-0.15, -0.1) is 0 Å². The average molecular weight is 405 g/mol. The van der Waals surface area contributed by atoms with Gasteiger partial charge in [-0.2, -0.15) is 0 Å². The van der Waals surface area contributed by atoms with Gasteiger partial charge >= 0.3 is 11.1 Å². The number of para-hydroxylation sites is 1. The first-order chi connectivity index (χ1) is 14.4. The molecule has 0 aliphatic heterocycles. The van der Waals surface area contributed by atoms with Crippen molar-refractivity contribution in [3.05, 3.63) is 80.1 Å². The van der Waals surface area contributed by atoms with E-state index in [-0.39, 0.29) is 5.91 Å². The van der Waals surface area contributed by atoms with Gasteiger partial charge in [0.1, 0.15) is 11.3 Å². The van der Waals surface area contributed by atoms with Gasteiger partial charge in [-0.1, -0.05) is 25.1 Å². The maximum absolute atomic E-state index is 13.1. The third kappa shape index (κ3) is 3.22. The Morgan fingerprint density at radius 1 is 1.13 bits per heavy atom. The molecule has 0 atom stereocenters. The summed E-state index contributed by atoms with van der Waals surface area (Å²) in [6.45, 7) is 4.60. The second kappa shape index (κ2) is 7.67. The molecule has 2 aromatic heterocycles. The van der Waals surface area contributed by atoms with Crippen LogP contribution in [-0.4, -0.2) is 27.4 Å². The van der Waals surface area contributed by atoms with E-state index in [1.165, 1.54) is 4.57 Å². The Balaban J connectivity index is 1.70. The van der Waals surface area contributed by atoms with Crippen LogP contribution in [-0.2, 0) is 19.5 Å². The standard InChI is InChI=1S/C23H23N3O4/c1-4-19-16(15-8-6-7-9-20(15)30-19)13-25(3)22(28)14-10-11-18-17(12-14)24-21(27)23(29)26(18)5-2/h6-12H,4-5,13H2,1-3H3,(H,24,27). The highest BCUT2D eigenvalue weighted by atomic mass is 16.3. The first kappa shape index (κ1) is 19.7. The summed E-state index contributed by atoms with van der Waals surface area (Å²) >= 11 is 0. The zero-order valence-electron chi connectivity index (χ0n) is 17.2. The summed E-state index contributed by atoms with van der Waals surface area (Å²) in [7, 11) is 1.74. The van der Waals surface area contributed by atoms with Crippen LogP contribution < -0.4 is 11.1 Å². The molecule has 4 aromatic rings. The van der Waals surface area contributed by atoms with Gasteiger partial charge in [0.05, 0.1) is 11.0 Å². The Kier molecular flexibility index (Phi) is 5.03. The normalized spacial score (nSPS) is 11.3. The first-order valence-electron chi connectivity index (χ1n) is 9.96. The fraction of sp³-hybridized carbons (Fsp3) is 0.261. The van der Waals surface area contributed by atoms with Gasteiger partial charge in [-0.3, -0.25) is 14.4 Å². The van der Waals surface area contributed by atoms with Gasteiger partial charge in [-0.25, -0.2) is 0 Å². The van der Waals surface area contributed by atoms with Gasteiger partial charge in [0.2, 0.25) is 0 Å². The van der Waals surface area contributed by atoms with E-state index < -0.39 is 11.1 Å². The smallest absolute Gasteiger partial charge is 0.316 e. The van der Waals surface area contributed by atoms with Crippen molar-refractivity contribution in [2.24, 2.45) is 0 Å². The highest BCUT2D eigenvalue weighted by Crippen LogP contribution is 2.27. The Bertz CT molecular complexity index is 1380. The quantitative estimate of drug-likeness (QED) is 0.516. The van der Waals surface area contributed by atoms with Crippen LogP contribution in [0.25, 0.3) is 22.0 Å². The molecule has 0 spiro atoms. The molecular weight excluding hydrogens is 382 g/mol. The molecule has 2 aromatic carbocycles. The number of aromatic nitrogens is 2. The number of hydrogen-bond acceptors (Lipinski definition) is 4. The van der Waals surface area contributed by atoms with Crippen molar-refractivity contribution < 1.29 is 9.21 Å². The summed E-state index contributed by atoms with van der Waals surface area (Å²) < 4.78 is 7.33. The Morgan fingerprint density at radius 3 is 2.63 bits per heavy atom. The number of benzene rings is 2. The molecule has 0 aliphatic rings. The second-order valence-electron chi connectivity index (χ2n) is 7.25. The van der Waals surface area contributed by atoms with Crippen LogP contribution in [0.1, 0.15) is 35.5 Å². The summed E-state index contributed by atoms with van der Waals surface area (Å²) in [5.74, 6) is 0.685. The van der Waals surface area contributed by atoms with Crippen LogP contribution >= 0.6 is 0 Å². The summed E-state index contributed by atoms with van der Waals surface area (Å²) in [5, 5.41) is 1.00. The summed E-state index contributed by atoms with van der Waals surface area (Å²) in [6.07, 6.45) is 0.734. The summed E-state index contributed by atoms with van der Waals surface area (Å²) in [5.41, 5.74) is 2.01. The molecule has 4 rings (SSSR count). The number of H-pyrrole nitrogens is 1. The maximum Gasteiger partial charge on any atom is 0.316 e. The van der Waals surface area contributed by atoms with Gasteiger partial charge in [0, 0.05) is 43.1 Å². The molecule has 30 heavy (non-hydrogen) atoms. The minimum Gasteiger partial charge on any atom is -0.461 e. The predicted molar refractivity (Wildman–Crippen MR) is 116 cm³/mol. The lowest BCUT2D eigenvalue weighted by Gasteiger charge is -2.18. The molecule has 0 radical (unpaired) electrons. The number of nitrogens with zero attached hydrogens (tertiary/aromatic N) is 2. The zero-order chi connectivity index (χ0) is 21.4. The van der Waals surface area contributed by atoms with Crippen LogP contribution in [0.15, 0.2) is 56.5 Å².